The van der Waals surface area contributed by atoms with Crippen molar-refractivity contribution in [2.24, 2.45) is 5.92 Å². The second-order valence-corrected chi connectivity index (χ2v) is 7.85. The van der Waals surface area contributed by atoms with E-state index in [2.05, 4.69) is 9.72 Å². The zero-order valence-corrected chi connectivity index (χ0v) is 15.4. The first-order valence-corrected chi connectivity index (χ1v) is 9.66. The number of pyridine rings is 1. The molecule has 3 rings (SSSR count). The van der Waals surface area contributed by atoms with Gasteiger partial charge in [-0.25, -0.2) is 17.8 Å². The number of nitrogens with zero attached hydrogens (tertiary/aromatic N) is 1. The van der Waals surface area contributed by atoms with Crippen LogP contribution in [0.25, 0.3) is 0 Å². The van der Waals surface area contributed by atoms with Crippen molar-refractivity contribution < 1.29 is 35.5 Å². The third-order valence-electron chi connectivity index (χ3n) is 3.96. The van der Waals surface area contributed by atoms with Crippen LogP contribution < -0.4 is 14.2 Å². The van der Waals surface area contributed by atoms with Gasteiger partial charge >= 0.3 is 6.18 Å². The van der Waals surface area contributed by atoms with Crippen molar-refractivity contribution in [3.8, 4) is 11.6 Å². The van der Waals surface area contributed by atoms with Crippen molar-refractivity contribution >= 4 is 15.7 Å². The summed E-state index contributed by atoms with van der Waals surface area (Å²) in [4.78, 5) is 2.67. The molecule has 0 radical (unpaired) electrons. The molecule has 0 saturated heterocycles. The fraction of sp³-hybridized carbons (Fsp3) is 0.353. The predicted octanol–water partition coefficient (Wildman–Crippen LogP) is 3.84. The summed E-state index contributed by atoms with van der Waals surface area (Å²) in [7, 11) is -3.46. The summed E-state index contributed by atoms with van der Waals surface area (Å²) in [6, 6.07) is 4.77. The van der Waals surface area contributed by atoms with Crippen LogP contribution in [-0.2, 0) is 16.2 Å². The van der Waals surface area contributed by atoms with Gasteiger partial charge < -0.3 is 9.47 Å². The Labute approximate surface area is 158 Å². The van der Waals surface area contributed by atoms with Gasteiger partial charge in [-0.2, -0.15) is 13.2 Å². The van der Waals surface area contributed by atoms with Crippen molar-refractivity contribution in [1.82, 2.24) is 4.98 Å². The van der Waals surface area contributed by atoms with Crippen LogP contribution in [0, 0.1) is 11.7 Å². The number of hydrogen-bond donors (Lipinski definition) is 1. The van der Waals surface area contributed by atoms with Crippen molar-refractivity contribution in [1.29, 1.82) is 0 Å². The minimum atomic E-state index is -4.94. The number of benzene rings is 1. The summed E-state index contributed by atoms with van der Waals surface area (Å²) < 4.78 is 90.7. The highest BCUT2D eigenvalue weighted by Gasteiger charge is 2.37. The zero-order chi connectivity index (χ0) is 20.5. The first-order chi connectivity index (χ1) is 13.1. The Morgan fingerprint density at radius 3 is 2.54 bits per heavy atom. The molecule has 11 heteroatoms. The van der Waals surface area contributed by atoms with E-state index in [1.165, 1.54) is 0 Å². The van der Waals surface area contributed by atoms with E-state index in [9.17, 15) is 26.0 Å². The maximum absolute atomic E-state index is 13.6. The van der Waals surface area contributed by atoms with Crippen molar-refractivity contribution in [3.63, 3.8) is 0 Å². The monoisotopic (exact) mass is 420 g/mol. The molecule has 0 bridgehead atoms. The van der Waals surface area contributed by atoms with Crippen LogP contribution in [0.15, 0.2) is 35.2 Å². The highest BCUT2D eigenvalue weighted by molar-refractivity contribution is 7.92. The summed E-state index contributed by atoms with van der Waals surface area (Å²) in [6.07, 6.45) is -3.07. The molecule has 1 aromatic heterocycles. The quantitative estimate of drug-likeness (QED) is 0.689. The van der Waals surface area contributed by atoms with Crippen LogP contribution in [0.5, 0.6) is 11.6 Å². The van der Waals surface area contributed by atoms with E-state index in [0.717, 1.165) is 44.2 Å². The van der Waals surface area contributed by atoms with Crippen molar-refractivity contribution in [2.45, 2.75) is 23.9 Å². The van der Waals surface area contributed by atoms with Crippen LogP contribution in [0.1, 0.15) is 18.5 Å². The average molecular weight is 420 g/mol. The molecule has 2 aromatic rings. The first kappa shape index (κ1) is 20.2. The van der Waals surface area contributed by atoms with E-state index < -0.39 is 38.3 Å². The lowest BCUT2D eigenvalue weighted by Crippen LogP contribution is -2.19. The molecule has 1 N–H and O–H groups in total. The molecule has 0 amide bonds. The van der Waals surface area contributed by atoms with E-state index in [1.54, 1.807) is 0 Å². The van der Waals surface area contributed by atoms with Gasteiger partial charge in [0.1, 0.15) is 16.5 Å². The van der Waals surface area contributed by atoms with Gasteiger partial charge in [0.15, 0.2) is 5.69 Å². The number of halogens is 4. The Morgan fingerprint density at radius 1 is 1.21 bits per heavy atom. The van der Waals surface area contributed by atoms with Crippen LogP contribution >= 0.6 is 0 Å². The number of rotatable bonds is 7. The van der Waals surface area contributed by atoms with Gasteiger partial charge in [-0.3, -0.25) is 4.72 Å². The molecule has 0 aliphatic heterocycles. The molecule has 1 aliphatic rings. The molecule has 1 aromatic carbocycles. The number of ether oxygens (including phenoxy) is 2. The highest BCUT2D eigenvalue weighted by Crippen LogP contribution is 2.37. The largest absolute Gasteiger partial charge is 0.492 e. The maximum atomic E-state index is 13.6. The number of methoxy groups -OCH3 is 1. The van der Waals surface area contributed by atoms with Gasteiger partial charge in [-0.15, -0.1) is 0 Å². The van der Waals surface area contributed by atoms with Gasteiger partial charge in [0, 0.05) is 6.07 Å². The molecule has 152 valence electrons. The molecule has 1 fully saturated rings. The Hall–Kier alpha value is -2.56. The number of sulfonamides is 1. The zero-order valence-electron chi connectivity index (χ0n) is 14.6. The van der Waals surface area contributed by atoms with Gasteiger partial charge in [0.2, 0.25) is 5.88 Å². The van der Waals surface area contributed by atoms with E-state index in [0.29, 0.717) is 6.07 Å². The smallest absolute Gasteiger partial charge is 0.435 e. The molecule has 28 heavy (non-hydrogen) atoms. The molecule has 1 saturated carbocycles. The molecular formula is C17H16F4N2O4S. The molecular weight excluding hydrogens is 404 g/mol. The Balaban J connectivity index is 1.97. The SMILES string of the molecule is COc1ccc(NS(=O)(=O)c2cc(F)ccc2OCC2CC2)c(C(F)(F)F)n1. The van der Waals surface area contributed by atoms with E-state index in [-0.39, 0.29) is 24.2 Å². The Kier molecular flexibility index (Phi) is 5.37. The summed E-state index contributed by atoms with van der Waals surface area (Å²) in [6.45, 7) is 0.242. The number of alkyl halides is 3. The van der Waals surface area contributed by atoms with Crippen LogP contribution in [0.4, 0.5) is 23.2 Å². The lowest BCUT2D eigenvalue weighted by atomic mass is 10.3. The average Bonchev–Trinajstić information content (AvgIpc) is 3.44. The number of anilines is 1. The van der Waals surface area contributed by atoms with Gasteiger partial charge in [-0.1, -0.05) is 0 Å². The third kappa shape index (κ3) is 4.64. The third-order valence-corrected chi connectivity index (χ3v) is 5.35. The summed E-state index contributed by atoms with van der Waals surface area (Å²) in [5.74, 6) is -1.07. The standard InChI is InChI=1S/C17H16F4N2O4S/c1-26-15-7-5-12(16(22-15)17(19,20)21)23-28(24,25)14-8-11(18)4-6-13(14)27-9-10-2-3-10/h4-8,10,23H,2-3,9H2,1H3. The molecule has 0 unspecified atom stereocenters. The summed E-state index contributed by atoms with van der Waals surface area (Å²) in [5.41, 5.74) is -2.29. The second-order valence-electron chi connectivity index (χ2n) is 6.20. The first-order valence-electron chi connectivity index (χ1n) is 8.17. The van der Waals surface area contributed by atoms with E-state index in [4.69, 9.17) is 4.74 Å². The number of nitrogens with one attached hydrogen (secondary N) is 1. The Morgan fingerprint density at radius 2 is 1.93 bits per heavy atom. The molecule has 0 spiro atoms. The fourth-order valence-corrected chi connectivity index (χ4v) is 3.58. The highest BCUT2D eigenvalue weighted by atomic mass is 32.2. The molecule has 1 aliphatic carbocycles. The van der Waals surface area contributed by atoms with E-state index in [1.807, 2.05) is 4.72 Å². The van der Waals surface area contributed by atoms with Gasteiger partial charge in [0.05, 0.1) is 19.4 Å². The second kappa shape index (κ2) is 7.46. The molecule has 6 nitrogen and oxygen atoms in total. The molecule has 1 heterocycles. The minimum Gasteiger partial charge on any atom is -0.492 e. The lowest BCUT2D eigenvalue weighted by Gasteiger charge is -2.16. The number of aromatic nitrogens is 1. The summed E-state index contributed by atoms with van der Waals surface area (Å²) in [5, 5.41) is 0. The van der Waals surface area contributed by atoms with Crippen molar-refractivity contribution in [2.75, 3.05) is 18.4 Å². The lowest BCUT2D eigenvalue weighted by molar-refractivity contribution is -0.140. The fourth-order valence-electron chi connectivity index (χ4n) is 2.36. The summed E-state index contributed by atoms with van der Waals surface area (Å²) >= 11 is 0. The Bertz CT molecular complexity index is 976. The predicted molar refractivity (Wildman–Crippen MR) is 91.2 cm³/mol. The minimum absolute atomic E-state index is 0.143. The number of hydrogen-bond acceptors (Lipinski definition) is 5. The van der Waals surface area contributed by atoms with Gasteiger partial charge in [-0.05, 0) is 43.0 Å². The molecule has 0 atom stereocenters. The van der Waals surface area contributed by atoms with Crippen molar-refractivity contribution in [3.05, 3.63) is 41.8 Å². The van der Waals surface area contributed by atoms with Crippen LogP contribution in [0.3, 0.4) is 0 Å². The topological polar surface area (TPSA) is 77.5 Å². The van der Waals surface area contributed by atoms with Crippen LogP contribution in [-0.4, -0.2) is 27.1 Å². The maximum Gasteiger partial charge on any atom is 0.435 e. The normalized spacial score (nSPS) is 14.6. The van der Waals surface area contributed by atoms with E-state index >= 15 is 0 Å². The van der Waals surface area contributed by atoms with Gasteiger partial charge in [0.25, 0.3) is 10.0 Å². The van der Waals surface area contributed by atoms with Crippen LogP contribution in [0.2, 0.25) is 0 Å².